The Morgan fingerprint density at radius 3 is 2.52 bits per heavy atom. The van der Waals surface area contributed by atoms with Gasteiger partial charge in [0.15, 0.2) is 0 Å². The number of hydrogen-bond donors (Lipinski definition) is 3. The van der Waals surface area contributed by atoms with Crippen molar-refractivity contribution in [2.75, 3.05) is 17.2 Å². The normalized spacial score (nSPS) is 13.2. The number of anilines is 2. The summed E-state index contributed by atoms with van der Waals surface area (Å²) in [5.41, 5.74) is 4.32. The Labute approximate surface area is 147 Å². The highest BCUT2D eigenvalue weighted by atomic mass is 16.2. The van der Waals surface area contributed by atoms with Crippen molar-refractivity contribution in [1.29, 1.82) is 0 Å². The fourth-order valence-corrected chi connectivity index (χ4v) is 2.53. The molecule has 0 spiro atoms. The van der Waals surface area contributed by atoms with Crippen LogP contribution in [0.1, 0.15) is 34.3 Å². The molecule has 130 valence electrons. The van der Waals surface area contributed by atoms with Crippen molar-refractivity contribution in [2.24, 2.45) is 0 Å². The summed E-state index contributed by atoms with van der Waals surface area (Å²) < 4.78 is 0. The molecule has 1 fully saturated rings. The Balaban J connectivity index is 1.59. The number of hydrogen-bond acceptors (Lipinski definition) is 3. The fraction of sp³-hybridized carbons (Fsp3) is 0.300. The first-order valence-corrected chi connectivity index (χ1v) is 8.54. The number of para-hydroxylation sites is 1. The first-order valence-electron chi connectivity index (χ1n) is 8.54. The molecule has 0 bridgehead atoms. The molecule has 0 aliphatic heterocycles. The molecule has 0 atom stereocenters. The van der Waals surface area contributed by atoms with Crippen LogP contribution in [0.4, 0.5) is 11.4 Å². The molecule has 3 rings (SSSR count). The van der Waals surface area contributed by atoms with Gasteiger partial charge in [0.25, 0.3) is 5.91 Å². The van der Waals surface area contributed by atoms with Gasteiger partial charge in [-0.15, -0.1) is 0 Å². The van der Waals surface area contributed by atoms with Gasteiger partial charge in [-0.25, -0.2) is 0 Å². The number of amides is 2. The summed E-state index contributed by atoms with van der Waals surface area (Å²) in [7, 11) is 0. The zero-order chi connectivity index (χ0) is 17.8. The summed E-state index contributed by atoms with van der Waals surface area (Å²) in [6, 6.07) is 13.4. The molecule has 0 unspecified atom stereocenters. The van der Waals surface area contributed by atoms with Crippen LogP contribution in [0, 0.1) is 13.8 Å². The van der Waals surface area contributed by atoms with E-state index in [-0.39, 0.29) is 18.4 Å². The molecule has 2 amide bonds. The van der Waals surface area contributed by atoms with Crippen molar-refractivity contribution in [3.63, 3.8) is 0 Å². The van der Waals surface area contributed by atoms with Gasteiger partial charge in [-0.05, 0) is 62.1 Å². The Hall–Kier alpha value is -2.82. The van der Waals surface area contributed by atoms with Gasteiger partial charge >= 0.3 is 0 Å². The lowest BCUT2D eigenvalue weighted by Gasteiger charge is -2.12. The van der Waals surface area contributed by atoms with Crippen molar-refractivity contribution >= 4 is 23.2 Å². The maximum Gasteiger partial charge on any atom is 0.253 e. The van der Waals surface area contributed by atoms with E-state index in [4.69, 9.17) is 0 Å². The van der Waals surface area contributed by atoms with E-state index >= 15 is 0 Å². The summed E-state index contributed by atoms with van der Waals surface area (Å²) in [5, 5.41) is 8.90. The molecule has 3 N–H and O–H groups in total. The topological polar surface area (TPSA) is 70.2 Å². The molecule has 2 aromatic carbocycles. The second kappa shape index (κ2) is 7.38. The lowest BCUT2D eigenvalue weighted by molar-refractivity contribution is -0.114. The predicted molar refractivity (Wildman–Crippen MR) is 100.0 cm³/mol. The SMILES string of the molecule is Cc1ccc(NC(=O)CNc2ccccc2C(=O)NC2CC2)cc1C. The van der Waals surface area contributed by atoms with E-state index in [2.05, 4.69) is 16.0 Å². The Bertz CT molecular complexity index is 797. The molecule has 5 heteroatoms. The second-order valence-corrected chi connectivity index (χ2v) is 6.49. The van der Waals surface area contributed by atoms with Crippen LogP contribution >= 0.6 is 0 Å². The van der Waals surface area contributed by atoms with E-state index in [0.717, 1.165) is 24.1 Å². The van der Waals surface area contributed by atoms with Crippen molar-refractivity contribution in [3.8, 4) is 0 Å². The first kappa shape index (κ1) is 17.0. The highest BCUT2D eigenvalue weighted by Crippen LogP contribution is 2.21. The molecule has 0 aromatic heterocycles. The third-order valence-corrected chi connectivity index (χ3v) is 4.31. The Morgan fingerprint density at radius 2 is 1.80 bits per heavy atom. The maximum absolute atomic E-state index is 12.3. The summed E-state index contributed by atoms with van der Waals surface area (Å²) in [6.45, 7) is 4.14. The summed E-state index contributed by atoms with van der Waals surface area (Å²) in [6.07, 6.45) is 2.08. The van der Waals surface area contributed by atoms with E-state index < -0.39 is 0 Å². The number of nitrogens with one attached hydrogen (secondary N) is 3. The minimum Gasteiger partial charge on any atom is -0.376 e. The summed E-state index contributed by atoms with van der Waals surface area (Å²) in [4.78, 5) is 24.4. The van der Waals surface area contributed by atoms with Gasteiger partial charge < -0.3 is 16.0 Å². The summed E-state index contributed by atoms with van der Waals surface area (Å²) in [5.74, 6) is -0.249. The molecule has 0 heterocycles. The Morgan fingerprint density at radius 1 is 1.04 bits per heavy atom. The lowest BCUT2D eigenvalue weighted by Crippen LogP contribution is -2.27. The van der Waals surface area contributed by atoms with E-state index in [1.54, 1.807) is 6.07 Å². The van der Waals surface area contributed by atoms with Gasteiger partial charge in [-0.1, -0.05) is 18.2 Å². The monoisotopic (exact) mass is 337 g/mol. The third kappa shape index (κ3) is 4.59. The fourth-order valence-electron chi connectivity index (χ4n) is 2.53. The highest BCUT2D eigenvalue weighted by Gasteiger charge is 2.24. The smallest absolute Gasteiger partial charge is 0.253 e. The van der Waals surface area contributed by atoms with Gasteiger partial charge in [0, 0.05) is 17.4 Å². The summed E-state index contributed by atoms with van der Waals surface area (Å²) >= 11 is 0. The minimum atomic E-state index is -0.152. The van der Waals surface area contributed by atoms with Crippen molar-refractivity contribution in [2.45, 2.75) is 32.7 Å². The zero-order valence-electron chi connectivity index (χ0n) is 14.6. The molecule has 2 aromatic rings. The van der Waals surface area contributed by atoms with E-state index in [9.17, 15) is 9.59 Å². The molecule has 25 heavy (non-hydrogen) atoms. The van der Waals surface area contributed by atoms with Gasteiger partial charge in [0.1, 0.15) is 0 Å². The number of aryl methyl sites for hydroxylation is 2. The largest absolute Gasteiger partial charge is 0.376 e. The van der Waals surface area contributed by atoms with Gasteiger partial charge in [0.05, 0.1) is 12.1 Å². The van der Waals surface area contributed by atoms with Crippen LogP contribution in [0.15, 0.2) is 42.5 Å². The highest BCUT2D eigenvalue weighted by molar-refractivity contribution is 6.01. The molecule has 1 aliphatic rings. The second-order valence-electron chi connectivity index (χ2n) is 6.49. The number of carbonyl (C=O) groups excluding carboxylic acids is 2. The van der Waals surface area contributed by atoms with Crippen molar-refractivity contribution < 1.29 is 9.59 Å². The average molecular weight is 337 g/mol. The van der Waals surface area contributed by atoms with Gasteiger partial charge in [-0.2, -0.15) is 0 Å². The number of rotatable bonds is 6. The average Bonchev–Trinajstić information content (AvgIpc) is 3.40. The molecular weight excluding hydrogens is 314 g/mol. The van der Waals surface area contributed by atoms with Crippen LogP contribution in [-0.2, 0) is 4.79 Å². The Kier molecular flexibility index (Phi) is 5.03. The van der Waals surface area contributed by atoms with Crippen LogP contribution < -0.4 is 16.0 Å². The standard InChI is InChI=1S/C20H23N3O2/c1-13-7-8-16(11-14(13)2)22-19(24)12-21-18-6-4-3-5-17(18)20(25)23-15-9-10-15/h3-8,11,15,21H,9-10,12H2,1-2H3,(H,22,24)(H,23,25). The molecular formula is C20H23N3O2. The molecule has 1 aliphatic carbocycles. The van der Waals surface area contributed by atoms with Gasteiger partial charge in [-0.3, -0.25) is 9.59 Å². The molecule has 0 saturated heterocycles. The molecule has 0 radical (unpaired) electrons. The van der Waals surface area contributed by atoms with Gasteiger partial charge in [0.2, 0.25) is 5.91 Å². The van der Waals surface area contributed by atoms with E-state index in [0.29, 0.717) is 17.3 Å². The van der Waals surface area contributed by atoms with E-state index in [1.165, 1.54) is 5.56 Å². The maximum atomic E-state index is 12.3. The number of benzene rings is 2. The van der Waals surface area contributed by atoms with E-state index in [1.807, 2.05) is 50.2 Å². The zero-order valence-corrected chi connectivity index (χ0v) is 14.6. The van der Waals surface area contributed by atoms with Crippen LogP contribution in [-0.4, -0.2) is 24.4 Å². The van der Waals surface area contributed by atoms with Crippen LogP contribution in [0.3, 0.4) is 0 Å². The third-order valence-electron chi connectivity index (χ3n) is 4.31. The van der Waals surface area contributed by atoms with Crippen LogP contribution in [0.5, 0.6) is 0 Å². The molecule has 5 nitrogen and oxygen atoms in total. The predicted octanol–water partition coefficient (Wildman–Crippen LogP) is 3.25. The molecule has 1 saturated carbocycles. The lowest BCUT2D eigenvalue weighted by atomic mass is 10.1. The van der Waals surface area contributed by atoms with Crippen molar-refractivity contribution in [1.82, 2.24) is 5.32 Å². The first-order chi connectivity index (χ1) is 12.0. The minimum absolute atomic E-state index is 0.0971. The van der Waals surface area contributed by atoms with Crippen LogP contribution in [0.25, 0.3) is 0 Å². The quantitative estimate of drug-likeness (QED) is 0.758. The van der Waals surface area contributed by atoms with Crippen molar-refractivity contribution in [3.05, 3.63) is 59.2 Å². The number of carbonyl (C=O) groups is 2. The van der Waals surface area contributed by atoms with Crippen LogP contribution in [0.2, 0.25) is 0 Å².